The zero-order valence-corrected chi connectivity index (χ0v) is 16.6. The van der Waals surface area contributed by atoms with Crippen LogP contribution in [0.25, 0.3) is 0 Å². The van der Waals surface area contributed by atoms with Crippen LogP contribution in [0.1, 0.15) is 44.0 Å². The van der Waals surface area contributed by atoms with Gasteiger partial charge in [0.2, 0.25) is 0 Å². The van der Waals surface area contributed by atoms with Gasteiger partial charge in [-0.3, -0.25) is 9.59 Å². The minimum absolute atomic E-state index is 0.0324. The zero-order chi connectivity index (χ0) is 20.1. The van der Waals surface area contributed by atoms with Gasteiger partial charge in [0.1, 0.15) is 17.3 Å². The molecule has 3 nitrogen and oxygen atoms in total. The second-order valence-corrected chi connectivity index (χ2v) is 8.08. The van der Waals surface area contributed by atoms with Crippen LogP contribution >= 0.6 is 0 Å². The van der Waals surface area contributed by atoms with Crippen LogP contribution in [0.4, 0.5) is 0 Å². The molecule has 0 bridgehead atoms. The Morgan fingerprint density at radius 1 is 0.964 bits per heavy atom. The predicted octanol–water partition coefficient (Wildman–Crippen LogP) is 6.17. The number of rotatable bonds is 7. The Balaban J connectivity index is 1.73. The van der Waals surface area contributed by atoms with E-state index < -0.39 is 11.3 Å². The van der Waals surface area contributed by atoms with E-state index in [2.05, 4.69) is 0 Å². The standard InChI is InChI=1S/C25H26O3/c1-25(2,3)24(27)22(18-9-7-8-10-18)17-23(26)19-13-15-21(16-14-19)28-20-11-5-4-6-12-20/h4-7,9-16,22H,8,17H2,1-3H3/t22-/m0/s1. The van der Waals surface area contributed by atoms with E-state index in [4.69, 9.17) is 4.74 Å². The highest BCUT2D eigenvalue weighted by Crippen LogP contribution is 2.31. The van der Waals surface area contributed by atoms with Crippen molar-refractivity contribution in [1.29, 1.82) is 0 Å². The van der Waals surface area contributed by atoms with Crippen LogP contribution in [-0.2, 0) is 4.79 Å². The molecule has 1 atom stereocenters. The van der Waals surface area contributed by atoms with Gasteiger partial charge in [-0.2, -0.15) is 0 Å². The fourth-order valence-corrected chi connectivity index (χ4v) is 3.26. The molecule has 0 saturated carbocycles. The molecule has 0 heterocycles. The number of hydrogen-bond donors (Lipinski definition) is 0. The fraction of sp³-hybridized carbons (Fsp3) is 0.280. The molecule has 1 aliphatic carbocycles. The summed E-state index contributed by atoms with van der Waals surface area (Å²) in [5.41, 5.74) is 1.06. The van der Waals surface area contributed by atoms with E-state index in [9.17, 15) is 9.59 Å². The van der Waals surface area contributed by atoms with Gasteiger partial charge in [0, 0.05) is 17.4 Å². The summed E-state index contributed by atoms with van der Waals surface area (Å²) in [6.07, 6.45) is 7.05. The van der Waals surface area contributed by atoms with Crippen molar-refractivity contribution in [1.82, 2.24) is 0 Å². The van der Waals surface area contributed by atoms with Crippen LogP contribution in [0.3, 0.4) is 0 Å². The van der Waals surface area contributed by atoms with Gasteiger partial charge in [-0.1, -0.05) is 57.2 Å². The summed E-state index contributed by atoms with van der Waals surface area (Å²) in [5, 5.41) is 0. The molecule has 2 aromatic carbocycles. The van der Waals surface area contributed by atoms with Gasteiger partial charge in [-0.15, -0.1) is 0 Å². The topological polar surface area (TPSA) is 43.4 Å². The Morgan fingerprint density at radius 3 is 2.18 bits per heavy atom. The van der Waals surface area contributed by atoms with E-state index in [-0.39, 0.29) is 18.0 Å². The van der Waals surface area contributed by atoms with Crippen molar-refractivity contribution in [3.05, 3.63) is 84.0 Å². The first kappa shape index (κ1) is 19.8. The molecule has 1 aliphatic rings. The molecular formula is C25H26O3. The number of ether oxygens (including phenoxy) is 1. The average molecular weight is 374 g/mol. The van der Waals surface area contributed by atoms with Crippen molar-refractivity contribution in [3.8, 4) is 11.5 Å². The molecule has 0 spiro atoms. The maximum atomic E-state index is 12.9. The second-order valence-electron chi connectivity index (χ2n) is 8.08. The monoisotopic (exact) mass is 374 g/mol. The molecule has 0 unspecified atom stereocenters. The molecule has 0 saturated heterocycles. The minimum atomic E-state index is -0.490. The summed E-state index contributed by atoms with van der Waals surface area (Å²) < 4.78 is 5.77. The Kier molecular flexibility index (Phi) is 5.93. The average Bonchev–Trinajstić information content (AvgIpc) is 3.20. The molecule has 0 aromatic heterocycles. The Morgan fingerprint density at radius 2 is 1.61 bits per heavy atom. The third-order valence-electron chi connectivity index (χ3n) is 4.80. The van der Waals surface area contributed by atoms with Crippen molar-refractivity contribution in [2.45, 2.75) is 33.6 Å². The SMILES string of the molecule is CC(C)(C)C(=O)[C@@H](CC(=O)c1ccc(Oc2ccccc2)cc1)C1=CCC=C1. The van der Waals surface area contributed by atoms with E-state index in [0.717, 1.165) is 17.7 Å². The molecule has 0 radical (unpaired) electrons. The molecule has 144 valence electrons. The number of ketones is 2. The zero-order valence-electron chi connectivity index (χ0n) is 16.6. The van der Waals surface area contributed by atoms with Gasteiger partial charge >= 0.3 is 0 Å². The number of carbonyl (C=O) groups excluding carboxylic acids is 2. The third-order valence-corrected chi connectivity index (χ3v) is 4.80. The quantitative estimate of drug-likeness (QED) is 0.544. The van der Waals surface area contributed by atoms with E-state index in [0.29, 0.717) is 11.3 Å². The van der Waals surface area contributed by atoms with Crippen LogP contribution in [-0.4, -0.2) is 11.6 Å². The highest BCUT2D eigenvalue weighted by Gasteiger charge is 2.33. The Bertz CT molecular complexity index is 897. The molecule has 3 heteroatoms. The van der Waals surface area contributed by atoms with Crippen LogP contribution in [0.5, 0.6) is 11.5 Å². The second kappa shape index (κ2) is 8.39. The van der Waals surface area contributed by atoms with Gasteiger partial charge in [0.25, 0.3) is 0 Å². The Labute approximate surface area is 166 Å². The summed E-state index contributed by atoms with van der Waals surface area (Å²) in [7, 11) is 0. The molecular weight excluding hydrogens is 348 g/mol. The molecule has 28 heavy (non-hydrogen) atoms. The molecule has 0 amide bonds. The Hall–Kier alpha value is -2.94. The smallest absolute Gasteiger partial charge is 0.163 e. The molecule has 0 aliphatic heterocycles. The number of benzene rings is 2. The lowest BCUT2D eigenvalue weighted by molar-refractivity contribution is -0.129. The van der Waals surface area contributed by atoms with Gasteiger partial charge in [-0.05, 0) is 48.4 Å². The minimum Gasteiger partial charge on any atom is -0.457 e. The molecule has 2 aromatic rings. The summed E-state index contributed by atoms with van der Waals surface area (Å²) >= 11 is 0. The first-order chi connectivity index (χ1) is 13.3. The lowest BCUT2D eigenvalue weighted by Crippen LogP contribution is -2.30. The van der Waals surface area contributed by atoms with Gasteiger partial charge < -0.3 is 4.74 Å². The molecule has 0 fully saturated rings. The lowest BCUT2D eigenvalue weighted by Gasteiger charge is -2.24. The normalized spacial score (nSPS) is 14.5. The third kappa shape index (κ3) is 4.86. The van der Waals surface area contributed by atoms with Gasteiger partial charge in [0.15, 0.2) is 5.78 Å². The largest absolute Gasteiger partial charge is 0.457 e. The van der Waals surface area contributed by atoms with Crippen LogP contribution in [0.15, 0.2) is 78.4 Å². The molecule has 3 rings (SSSR count). The predicted molar refractivity (Wildman–Crippen MR) is 112 cm³/mol. The van der Waals surface area contributed by atoms with E-state index in [1.807, 2.05) is 69.3 Å². The number of Topliss-reactive ketones (excluding diaryl/α,β-unsaturated/α-hetero) is 2. The van der Waals surface area contributed by atoms with E-state index in [1.165, 1.54) is 0 Å². The van der Waals surface area contributed by atoms with Crippen molar-refractivity contribution >= 4 is 11.6 Å². The fourth-order valence-electron chi connectivity index (χ4n) is 3.26. The summed E-state index contributed by atoms with van der Waals surface area (Å²) in [6, 6.07) is 16.6. The van der Waals surface area contributed by atoms with Gasteiger partial charge in [0.05, 0.1) is 5.92 Å². The number of carbonyl (C=O) groups is 2. The number of hydrogen-bond acceptors (Lipinski definition) is 3. The van der Waals surface area contributed by atoms with E-state index >= 15 is 0 Å². The number of para-hydroxylation sites is 1. The highest BCUT2D eigenvalue weighted by atomic mass is 16.5. The van der Waals surface area contributed by atoms with Crippen LogP contribution < -0.4 is 4.74 Å². The van der Waals surface area contributed by atoms with Crippen LogP contribution in [0.2, 0.25) is 0 Å². The first-order valence-electron chi connectivity index (χ1n) is 9.61. The first-order valence-corrected chi connectivity index (χ1v) is 9.61. The van der Waals surface area contributed by atoms with E-state index in [1.54, 1.807) is 24.3 Å². The number of allylic oxidation sites excluding steroid dienone is 4. The summed E-state index contributed by atoms with van der Waals surface area (Å²) in [4.78, 5) is 25.8. The maximum absolute atomic E-state index is 12.9. The van der Waals surface area contributed by atoms with Crippen molar-refractivity contribution in [2.24, 2.45) is 11.3 Å². The highest BCUT2D eigenvalue weighted by molar-refractivity contribution is 6.01. The van der Waals surface area contributed by atoms with Crippen molar-refractivity contribution in [2.75, 3.05) is 0 Å². The van der Waals surface area contributed by atoms with Crippen molar-refractivity contribution in [3.63, 3.8) is 0 Å². The van der Waals surface area contributed by atoms with Crippen molar-refractivity contribution < 1.29 is 14.3 Å². The maximum Gasteiger partial charge on any atom is 0.163 e. The van der Waals surface area contributed by atoms with Crippen LogP contribution in [0, 0.1) is 11.3 Å². The van der Waals surface area contributed by atoms with Gasteiger partial charge in [-0.25, -0.2) is 0 Å². The summed E-state index contributed by atoms with van der Waals surface area (Å²) in [5.74, 6) is 1.09. The lowest BCUT2D eigenvalue weighted by atomic mass is 9.77. The molecule has 0 N–H and O–H groups in total. The summed E-state index contributed by atoms with van der Waals surface area (Å²) in [6.45, 7) is 5.71.